The van der Waals surface area contributed by atoms with Crippen LogP contribution in [0.15, 0.2) is 0 Å². The van der Waals surface area contributed by atoms with E-state index in [0.29, 0.717) is 5.92 Å². The Morgan fingerprint density at radius 1 is 1.38 bits per heavy atom. The number of rotatable bonds is 6. The molecular weight excluding hydrogens is 250 g/mol. The monoisotopic (exact) mass is 273 g/mol. The fourth-order valence-electron chi connectivity index (χ4n) is 1.47. The van der Waals surface area contributed by atoms with Gasteiger partial charge < -0.3 is 5.73 Å². The zero-order chi connectivity index (χ0) is 12.3. The topological polar surface area (TPSA) is 75.4 Å². The molecule has 0 saturated heterocycles. The molecule has 0 spiro atoms. The van der Waals surface area contributed by atoms with E-state index in [2.05, 4.69) is 4.72 Å². The van der Waals surface area contributed by atoms with Crippen LogP contribution >= 0.6 is 12.4 Å². The third-order valence-electron chi connectivity index (χ3n) is 2.17. The van der Waals surface area contributed by atoms with Crippen LogP contribution in [0.3, 0.4) is 0 Å². The summed E-state index contributed by atoms with van der Waals surface area (Å²) >= 11 is 0. The van der Waals surface area contributed by atoms with E-state index in [1.165, 1.54) is 14.1 Å². The van der Waals surface area contributed by atoms with Gasteiger partial charge in [0.15, 0.2) is 0 Å². The van der Waals surface area contributed by atoms with Gasteiger partial charge in [0, 0.05) is 26.2 Å². The van der Waals surface area contributed by atoms with E-state index < -0.39 is 15.7 Å². The van der Waals surface area contributed by atoms with Crippen LogP contribution in [0, 0.1) is 5.92 Å². The van der Waals surface area contributed by atoms with Crippen molar-refractivity contribution < 1.29 is 8.42 Å². The maximum Gasteiger partial charge on any atom is 0.279 e. The second kappa shape index (κ2) is 6.76. The molecule has 0 radical (unpaired) electrons. The average Bonchev–Trinajstić information content (AvgIpc) is 2.01. The lowest BCUT2D eigenvalue weighted by Gasteiger charge is -2.31. The lowest BCUT2D eigenvalue weighted by atomic mass is 9.92. The summed E-state index contributed by atoms with van der Waals surface area (Å²) in [5.41, 5.74) is 5.05. The van der Waals surface area contributed by atoms with Gasteiger partial charge in [-0.2, -0.15) is 17.4 Å². The minimum absolute atomic E-state index is 0. The first kappa shape index (κ1) is 18.5. The second-order valence-electron chi connectivity index (χ2n) is 4.75. The maximum atomic E-state index is 11.6. The largest absolute Gasteiger partial charge is 0.329 e. The summed E-state index contributed by atoms with van der Waals surface area (Å²) < 4.78 is 27.1. The molecule has 3 N–H and O–H groups in total. The summed E-state index contributed by atoms with van der Waals surface area (Å²) in [4.78, 5) is 0. The standard InChI is InChI=1S/C9H23N3O2S.ClH/c1-8(2)6-9(3,7-10)11-15(13,14)12(4)5;/h8,11H,6-7,10H2,1-5H3;1H. The quantitative estimate of drug-likeness (QED) is 0.743. The van der Waals surface area contributed by atoms with Gasteiger partial charge in [0.05, 0.1) is 0 Å². The summed E-state index contributed by atoms with van der Waals surface area (Å²) in [5, 5.41) is 0. The Hall–Kier alpha value is 0.120. The third kappa shape index (κ3) is 6.00. The van der Waals surface area contributed by atoms with E-state index in [9.17, 15) is 8.42 Å². The fraction of sp³-hybridized carbons (Fsp3) is 1.00. The molecule has 0 aromatic heterocycles. The molecular formula is C9H24ClN3O2S. The molecule has 0 aliphatic heterocycles. The minimum Gasteiger partial charge on any atom is -0.329 e. The van der Waals surface area contributed by atoms with E-state index in [0.717, 1.165) is 10.7 Å². The van der Waals surface area contributed by atoms with Crippen molar-refractivity contribution in [1.29, 1.82) is 0 Å². The minimum atomic E-state index is -3.41. The molecule has 0 fully saturated rings. The Morgan fingerprint density at radius 2 is 1.81 bits per heavy atom. The van der Waals surface area contributed by atoms with E-state index in [1.807, 2.05) is 20.8 Å². The molecule has 0 bridgehead atoms. The molecule has 0 heterocycles. The molecule has 7 heteroatoms. The number of hydrogen-bond acceptors (Lipinski definition) is 3. The lowest BCUT2D eigenvalue weighted by Crippen LogP contribution is -2.54. The molecule has 1 atom stereocenters. The van der Waals surface area contributed by atoms with Crippen LogP contribution in [0.25, 0.3) is 0 Å². The van der Waals surface area contributed by atoms with E-state index >= 15 is 0 Å². The smallest absolute Gasteiger partial charge is 0.279 e. The Kier molecular flexibility index (Phi) is 7.81. The molecule has 0 aliphatic carbocycles. The summed E-state index contributed by atoms with van der Waals surface area (Å²) in [7, 11) is -0.421. The molecule has 0 amide bonds. The van der Waals surface area contributed by atoms with Crippen LogP contribution < -0.4 is 10.5 Å². The van der Waals surface area contributed by atoms with Gasteiger partial charge in [0.1, 0.15) is 0 Å². The van der Waals surface area contributed by atoms with Crippen molar-refractivity contribution in [2.24, 2.45) is 11.7 Å². The van der Waals surface area contributed by atoms with E-state index in [4.69, 9.17) is 5.73 Å². The number of nitrogens with one attached hydrogen (secondary N) is 1. The zero-order valence-electron chi connectivity index (χ0n) is 10.6. The van der Waals surface area contributed by atoms with Crippen molar-refractivity contribution in [1.82, 2.24) is 9.03 Å². The van der Waals surface area contributed by atoms with Crippen molar-refractivity contribution in [2.45, 2.75) is 32.7 Å². The van der Waals surface area contributed by atoms with Crippen molar-refractivity contribution in [3.8, 4) is 0 Å². The van der Waals surface area contributed by atoms with Gasteiger partial charge >= 0.3 is 0 Å². The van der Waals surface area contributed by atoms with Crippen LogP contribution in [0.5, 0.6) is 0 Å². The van der Waals surface area contributed by atoms with Crippen molar-refractivity contribution in [3.63, 3.8) is 0 Å². The predicted octanol–water partition coefficient (Wildman–Crippen LogP) is 0.568. The first-order valence-corrected chi connectivity index (χ1v) is 6.48. The highest BCUT2D eigenvalue weighted by Crippen LogP contribution is 2.16. The van der Waals surface area contributed by atoms with Crippen LogP contribution in [-0.2, 0) is 10.2 Å². The molecule has 0 aliphatic rings. The lowest BCUT2D eigenvalue weighted by molar-refractivity contribution is 0.336. The van der Waals surface area contributed by atoms with Gasteiger partial charge in [0.25, 0.3) is 10.2 Å². The van der Waals surface area contributed by atoms with Crippen molar-refractivity contribution in [3.05, 3.63) is 0 Å². The number of halogens is 1. The SMILES string of the molecule is CC(C)CC(C)(CN)NS(=O)(=O)N(C)C.Cl. The van der Waals surface area contributed by atoms with Gasteiger partial charge in [0.2, 0.25) is 0 Å². The molecule has 0 aromatic carbocycles. The number of nitrogens with zero attached hydrogens (tertiary/aromatic N) is 1. The fourth-order valence-corrected chi connectivity index (χ4v) is 2.44. The second-order valence-corrected chi connectivity index (χ2v) is 6.64. The molecule has 0 aromatic rings. The van der Waals surface area contributed by atoms with Crippen LogP contribution in [-0.4, -0.2) is 38.9 Å². The first-order chi connectivity index (χ1) is 6.63. The summed E-state index contributed by atoms with van der Waals surface area (Å²) in [5.74, 6) is 0.392. The summed E-state index contributed by atoms with van der Waals surface area (Å²) in [6.45, 7) is 6.20. The zero-order valence-corrected chi connectivity index (χ0v) is 12.3. The molecule has 1 unspecified atom stereocenters. The Labute approximate surface area is 105 Å². The molecule has 0 rings (SSSR count). The van der Waals surface area contributed by atoms with Crippen molar-refractivity contribution >= 4 is 22.6 Å². The Bertz CT molecular complexity index is 293. The predicted molar refractivity (Wildman–Crippen MR) is 69.9 cm³/mol. The third-order valence-corrected chi connectivity index (χ3v) is 3.88. The first-order valence-electron chi connectivity index (χ1n) is 5.04. The summed E-state index contributed by atoms with van der Waals surface area (Å²) in [6.07, 6.45) is 0.719. The summed E-state index contributed by atoms with van der Waals surface area (Å²) in [6, 6.07) is 0. The number of hydrogen-bond donors (Lipinski definition) is 2. The molecule has 100 valence electrons. The van der Waals surface area contributed by atoms with Gasteiger partial charge in [-0.25, -0.2) is 0 Å². The Morgan fingerprint density at radius 3 is 2.06 bits per heavy atom. The van der Waals surface area contributed by atoms with E-state index in [-0.39, 0.29) is 19.0 Å². The van der Waals surface area contributed by atoms with Crippen LogP contribution in [0.4, 0.5) is 0 Å². The Balaban J connectivity index is 0. The van der Waals surface area contributed by atoms with Crippen LogP contribution in [0.2, 0.25) is 0 Å². The molecule has 16 heavy (non-hydrogen) atoms. The van der Waals surface area contributed by atoms with Gasteiger partial charge in [-0.1, -0.05) is 13.8 Å². The van der Waals surface area contributed by atoms with Crippen molar-refractivity contribution in [2.75, 3.05) is 20.6 Å². The molecule has 5 nitrogen and oxygen atoms in total. The van der Waals surface area contributed by atoms with Gasteiger partial charge in [-0.05, 0) is 19.3 Å². The highest BCUT2D eigenvalue weighted by molar-refractivity contribution is 7.87. The number of nitrogens with two attached hydrogens (primary N) is 1. The van der Waals surface area contributed by atoms with Gasteiger partial charge in [-0.3, -0.25) is 0 Å². The maximum absolute atomic E-state index is 11.6. The highest BCUT2D eigenvalue weighted by Gasteiger charge is 2.30. The normalized spacial score (nSPS) is 16.0. The van der Waals surface area contributed by atoms with E-state index in [1.54, 1.807) is 0 Å². The average molecular weight is 274 g/mol. The highest BCUT2D eigenvalue weighted by atomic mass is 35.5. The molecule has 0 saturated carbocycles. The van der Waals surface area contributed by atoms with Crippen LogP contribution in [0.1, 0.15) is 27.2 Å². The van der Waals surface area contributed by atoms with Gasteiger partial charge in [-0.15, -0.1) is 12.4 Å².